The molecule has 4 fully saturated rings. The van der Waals surface area contributed by atoms with Gasteiger partial charge in [0, 0.05) is 12.8 Å². The fraction of sp³-hybridized carbons (Fsp3) is 0.667. The lowest BCUT2D eigenvalue weighted by atomic mass is 10.1. The molecule has 0 bridgehead atoms. The highest BCUT2D eigenvalue weighted by atomic mass is 16.6. The predicted molar refractivity (Wildman–Crippen MR) is 83.3 cm³/mol. The van der Waals surface area contributed by atoms with Crippen molar-refractivity contribution in [2.45, 2.75) is 49.5 Å². The normalized spacial score (nSPS) is 35.5. The number of hydrogen-bond donors (Lipinski definition) is 0. The zero-order valence-corrected chi connectivity index (χ0v) is 13.2. The summed E-state index contributed by atoms with van der Waals surface area (Å²) in [6.07, 6.45) is 3.61. The summed E-state index contributed by atoms with van der Waals surface area (Å²) in [5.74, 6) is 0. The zero-order chi connectivity index (χ0) is 15.5. The van der Waals surface area contributed by atoms with Crippen molar-refractivity contribution in [3.8, 4) is 0 Å². The molecular weight excluding hydrogens is 296 g/mol. The van der Waals surface area contributed by atoms with Crippen LogP contribution in [0.1, 0.15) is 12.8 Å². The Kier molecular flexibility index (Phi) is 4.92. The van der Waals surface area contributed by atoms with Gasteiger partial charge in [-0.25, -0.2) is 0 Å². The third kappa shape index (κ3) is 5.55. The van der Waals surface area contributed by atoms with Crippen LogP contribution in [-0.4, -0.2) is 63.1 Å². The van der Waals surface area contributed by atoms with E-state index >= 15 is 0 Å². The molecule has 5 heteroatoms. The van der Waals surface area contributed by atoms with Crippen molar-refractivity contribution in [3.63, 3.8) is 0 Å². The molecule has 4 saturated heterocycles. The molecule has 0 aliphatic carbocycles. The van der Waals surface area contributed by atoms with E-state index in [9.17, 15) is 0 Å². The number of epoxide rings is 4. The average molecular weight is 320 g/mol. The van der Waals surface area contributed by atoms with Crippen LogP contribution in [0, 0.1) is 0 Å². The highest BCUT2D eigenvalue weighted by molar-refractivity contribution is 4.99. The highest BCUT2D eigenvalue weighted by Crippen LogP contribution is 2.32. The molecule has 0 spiro atoms. The van der Waals surface area contributed by atoms with Crippen LogP contribution in [0.15, 0.2) is 36.4 Å². The molecule has 126 valence electrons. The first-order valence-electron chi connectivity index (χ1n) is 8.50. The van der Waals surface area contributed by atoms with Gasteiger partial charge in [-0.2, -0.15) is 0 Å². The van der Waals surface area contributed by atoms with Crippen molar-refractivity contribution in [2.24, 2.45) is 0 Å². The lowest BCUT2D eigenvalue weighted by Gasteiger charge is -2.22. The Morgan fingerprint density at radius 1 is 0.652 bits per heavy atom. The summed E-state index contributed by atoms with van der Waals surface area (Å²) in [6.45, 7) is 3.41. The maximum atomic E-state index is 6.19. The van der Waals surface area contributed by atoms with Gasteiger partial charge in [-0.3, -0.25) is 0 Å². The molecular formula is C18H24O5. The lowest BCUT2D eigenvalue weighted by molar-refractivity contribution is -0.0500. The third-order valence-electron chi connectivity index (χ3n) is 4.36. The molecule has 0 saturated carbocycles. The van der Waals surface area contributed by atoms with Crippen LogP contribution in [-0.2, 0) is 23.7 Å². The maximum absolute atomic E-state index is 6.19. The van der Waals surface area contributed by atoms with Gasteiger partial charge < -0.3 is 23.7 Å². The zero-order valence-electron chi connectivity index (χ0n) is 13.2. The first kappa shape index (κ1) is 15.5. The lowest BCUT2D eigenvalue weighted by Crippen LogP contribution is -2.32. The van der Waals surface area contributed by atoms with E-state index in [0.717, 1.165) is 39.3 Å². The maximum Gasteiger partial charge on any atom is 0.107 e. The molecule has 5 rings (SSSR count). The van der Waals surface area contributed by atoms with Gasteiger partial charge in [0.15, 0.2) is 0 Å². The van der Waals surface area contributed by atoms with E-state index in [0.29, 0.717) is 12.2 Å². The Bertz CT molecular complexity index is 411. The summed E-state index contributed by atoms with van der Waals surface area (Å²) in [5.41, 5.74) is 0. The Labute approximate surface area is 136 Å². The molecule has 1 aromatic rings. The second kappa shape index (κ2) is 7.28. The second-order valence-corrected chi connectivity index (χ2v) is 6.49. The molecule has 6 atom stereocenters. The largest absolute Gasteiger partial charge is 0.373 e. The van der Waals surface area contributed by atoms with E-state index in [1.165, 1.54) is 0 Å². The molecule has 0 aromatic heterocycles. The Balaban J connectivity index is 0.000000192. The molecule has 5 nitrogen and oxygen atoms in total. The van der Waals surface area contributed by atoms with Gasteiger partial charge in [-0.15, -0.1) is 0 Å². The molecule has 4 aliphatic heterocycles. The van der Waals surface area contributed by atoms with E-state index in [1.807, 2.05) is 36.4 Å². The summed E-state index contributed by atoms with van der Waals surface area (Å²) < 4.78 is 27.5. The summed E-state index contributed by atoms with van der Waals surface area (Å²) in [4.78, 5) is 0. The van der Waals surface area contributed by atoms with E-state index in [1.54, 1.807) is 0 Å². The minimum Gasteiger partial charge on any atom is -0.373 e. The molecule has 4 heterocycles. The van der Waals surface area contributed by atoms with Crippen molar-refractivity contribution >= 4 is 0 Å². The fourth-order valence-electron chi connectivity index (χ4n) is 2.67. The summed E-state index contributed by atoms with van der Waals surface area (Å²) in [7, 11) is 0. The van der Waals surface area contributed by atoms with E-state index in [-0.39, 0.29) is 24.4 Å². The van der Waals surface area contributed by atoms with Gasteiger partial charge in [0.25, 0.3) is 0 Å². The van der Waals surface area contributed by atoms with Crippen molar-refractivity contribution in [3.05, 3.63) is 36.4 Å². The summed E-state index contributed by atoms with van der Waals surface area (Å²) >= 11 is 0. The van der Waals surface area contributed by atoms with Crippen molar-refractivity contribution in [1.82, 2.24) is 0 Å². The number of benzene rings is 1. The van der Waals surface area contributed by atoms with Crippen molar-refractivity contribution < 1.29 is 23.7 Å². The van der Waals surface area contributed by atoms with Crippen LogP contribution in [0.2, 0.25) is 0 Å². The van der Waals surface area contributed by atoms with Crippen molar-refractivity contribution in [2.75, 3.05) is 26.4 Å². The van der Waals surface area contributed by atoms with Crippen molar-refractivity contribution in [1.29, 1.82) is 0 Å². The van der Waals surface area contributed by atoms with Crippen LogP contribution in [0.25, 0.3) is 0 Å². The van der Waals surface area contributed by atoms with Gasteiger partial charge in [0.2, 0.25) is 0 Å². The first-order chi connectivity index (χ1) is 11.4. The molecule has 1 aromatic carbocycles. The van der Waals surface area contributed by atoms with E-state index < -0.39 is 0 Å². The monoisotopic (exact) mass is 320 g/mol. The Morgan fingerprint density at radius 3 is 1.26 bits per heavy atom. The third-order valence-corrected chi connectivity index (χ3v) is 4.36. The number of ether oxygens (including phenoxy) is 5. The summed E-state index contributed by atoms with van der Waals surface area (Å²) in [5, 5.41) is 0. The smallest absolute Gasteiger partial charge is 0.107 e. The van der Waals surface area contributed by atoms with Gasteiger partial charge >= 0.3 is 0 Å². The van der Waals surface area contributed by atoms with Crippen LogP contribution in [0.3, 0.4) is 0 Å². The predicted octanol–water partition coefficient (Wildman–Crippen LogP) is 1.80. The molecule has 0 amide bonds. The average Bonchev–Trinajstić information content (AvgIpc) is 3.42. The minimum atomic E-state index is 0.176. The molecule has 0 N–H and O–H groups in total. The molecule has 23 heavy (non-hydrogen) atoms. The van der Waals surface area contributed by atoms with Gasteiger partial charge in [0.1, 0.15) is 12.2 Å². The Morgan fingerprint density at radius 2 is 1.00 bits per heavy atom. The second-order valence-electron chi connectivity index (χ2n) is 6.49. The van der Waals surface area contributed by atoms with Gasteiger partial charge in [-0.1, -0.05) is 36.4 Å². The number of hydrogen-bond acceptors (Lipinski definition) is 5. The fourth-order valence-corrected chi connectivity index (χ4v) is 2.67. The molecule has 6 unspecified atom stereocenters. The van der Waals surface area contributed by atoms with Crippen LogP contribution >= 0.6 is 0 Å². The quantitative estimate of drug-likeness (QED) is 0.684. The van der Waals surface area contributed by atoms with E-state index in [2.05, 4.69) is 0 Å². The molecule has 4 aliphatic rings. The van der Waals surface area contributed by atoms with Crippen LogP contribution in [0.4, 0.5) is 0 Å². The van der Waals surface area contributed by atoms with Gasteiger partial charge in [-0.05, 0) is 0 Å². The van der Waals surface area contributed by atoms with Crippen LogP contribution < -0.4 is 0 Å². The Hall–Kier alpha value is -0.980. The standard InChI is InChI=1S/C12H18O5.C6H6/c1(7-3-13-7)9(11-5-15-11)17-10(12-6-16-12)2-8-4-14-8;1-2-4-6-5-3-1/h7-12H,1-6H2;1-6H. The minimum absolute atomic E-state index is 0.176. The topological polar surface area (TPSA) is 59.4 Å². The SMILES string of the molecule is C1OC1CC(OC(CC1CO1)C1CO1)C1CO1.c1ccccc1. The van der Waals surface area contributed by atoms with Crippen LogP contribution in [0.5, 0.6) is 0 Å². The first-order valence-corrected chi connectivity index (χ1v) is 8.50. The van der Waals surface area contributed by atoms with E-state index in [4.69, 9.17) is 23.7 Å². The highest BCUT2D eigenvalue weighted by Gasteiger charge is 2.44. The molecule has 0 radical (unpaired) electrons. The summed E-state index contributed by atoms with van der Waals surface area (Å²) in [6, 6.07) is 12.0. The number of rotatable bonds is 8. The van der Waals surface area contributed by atoms with Gasteiger partial charge in [0.05, 0.1) is 50.8 Å².